The van der Waals surface area contributed by atoms with E-state index >= 15 is 0 Å². The molecule has 0 saturated heterocycles. The maximum atomic E-state index is 9.19. The van der Waals surface area contributed by atoms with Gasteiger partial charge in [-0.15, -0.1) is 0 Å². The van der Waals surface area contributed by atoms with Crippen LogP contribution in [0.4, 0.5) is 0 Å². The number of nitrogens with two attached hydrogens (primary N) is 1. The molecule has 96 valence electrons. The van der Waals surface area contributed by atoms with Gasteiger partial charge in [0.15, 0.2) is 0 Å². The Hall–Kier alpha value is -0.120. The van der Waals surface area contributed by atoms with Crippen molar-refractivity contribution in [2.24, 2.45) is 17.6 Å². The van der Waals surface area contributed by atoms with E-state index < -0.39 is 0 Å². The maximum absolute atomic E-state index is 9.19. The van der Waals surface area contributed by atoms with Crippen molar-refractivity contribution in [3.8, 4) is 0 Å². The molecule has 0 amide bonds. The predicted molar refractivity (Wildman–Crippen MR) is 68.3 cm³/mol. The lowest BCUT2D eigenvalue weighted by molar-refractivity contribution is 0.158. The van der Waals surface area contributed by atoms with Crippen molar-refractivity contribution in [2.75, 3.05) is 13.2 Å². The molecule has 0 aliphatic heterocycles. The zero-order valence-electron chi connectivity index (χ0n) is 11.0. The van der Waals surface area contributed by atoms with Crippen molar-refractivity contribution >= 4 is 0 Å². The maximum Gasteiger partial charge on any atom is 0.0471 e. The molecule has 1 aliphatic rings. The second-order valence-electron chi connectivity index (χ2n) is 5.45. The van der Waals surface area contributed by atoms with E-state index in [2.05, 4.69) is 26.1 Å². The number of aliphatic hydroxyl groups excluding tert-OH is 1. The monoisotopic (exact) mass is 228 g/mol. The zero-order chi connectivity index (χ0) is 12.2. The molecule has 1 aliphatic carbocycles. The van der Waals surface area contributed by atoms with Crippen molar-refractivity contribution in [1.29, 1.82) is 0 Å². The van der Waals surface area contributed by atoms with Crippen LogP contribution in [-0.2, 0) is 0 Å². The van der Waals surface area contributed by atoms with Gasteiger partial charge in [-0.25, -0.2) is 0 Å². The number of aliphatic hydroxyl groups is 1. The van der Waals surface area contributed by atoms with Gasteiger partial charge in [-0.1, -0.05) is 26.7 Å². The molecule has 0 aromatic rings. The van der Waals surface area contributed by atoms with Crippen molar-refractivity contribution in [2.45, 2.75) is 58.0 Å². The Morgan fingerprint density at radius 3 is 2.69 bits per heavy atom. The first-order chi connectivity index (χ1) is 7.59. The van der Waals surface area contributed by atoms with Crippen LogP contribution in [0.5, 0.6) is 0 Å². The second kappa shape index (κ2) is 5.99. The number of nitrogens with one attached hydrogen (secondary N) is 1. The summed E-state index contributed by atoms with van der Waals surface area (Å²) in [6.07, 6.45) is 4.96. The molecule has 4 N–H and O–H groups in total. The highest BCUT2D eigenvalue weighted by molar-refractivity contribution is 5.01. The molecular formula is C13H28N2O. The standard InChI is InChI=1S/C13H28N2O/c1-4-12-6-5-7-13(12,9-14)15-11(3)10(2)8-16/h10-12,15-16H,4-9,14H2,1-3H3. The van der Waals surface area contributed by atoms with E-state index in [1.807, 2.05) is 0 Å². The van der Waals surface area contributed by atoms with Crippen molar-refractivity contribution < 1.29 is 5.11 Å². The summed E-state index contributed by atoms with van der Waals surface area (Å²) in [6.45, 7) is 7.45. The van der Waals surface area contributed by atoms with Gasteiger partial charge < -0.3 is 16.2 Å². The van der Waals surface area contributed by atoms with E-state index in [0.29, 0.717) is 24.4 Å². The Kier molecular flexibility index (Phi) is 5.22. The lowest BCUT2D eigenvalue weighted by atomic mass is 9.83. The molecule has 0 aromatic carbocycles. The summed E-state index contributed by atoms with van der Waals surface area (Å²) in [7, 11) is 0. The first-order valence-corrected chi connectivity index (χ1v) is 6.68. The summed E-state index contributed by atoms with van der Waals surface area (Å²) < 4.78 is 0. The van der Waals surface area contributed by atoms with Gasteiger partial charge in [0.1, 0.15) is 0 Å². The average molecular weight is 228 g/mol. The summed E-state index contributed by atoms with van der Waals surface area (Å²) in [5.74, 6) is 0.993. The minimum absolute atomic E-state index is 0.123. The third-order valence-electron chi connectivity index (χ3n) is 4.47. The van der Waals surface area contributed by atoms with Crippen molar-refractivity contribution in [3.05, 3.63) is 0 Å². The van der Waals surface area contributed by atoms with Gasteiger partial charge in [0.25, 0.3) is 0 Å². The van der Waals surface area contributed by atoms with Gasteiger partial charge in [0, 0.05) is 24.7 Å². The highest BCUT2D eigenvalue weighted by Gasteiger charge is 2.41. The number of hydrogen-bond donors (Lipinski definition) is 3. The van der Waals surface area contributed by atoms with E-state index in [4.69, 9.17) is 5.73 Å². The Labute approximate surface area is 99.8 Å². The third kappa shape index (κ3) is 2.76. The molecule has 4 unspecified atom stereocenters. The quantitative estimate of drug-likeness (QED) is 0.646. The highest BCUT2D eigenvalue weighted by atomic mass is 16.3. The van der Waals surface area contributed by atoms with Crippen molar-refractivity contribution in [3.63, 3.8) is 0 Å². The first kappa shape index (κ1) is 13.9. The van der Waals surface area contributed by atoms with Gasteiger partial charge in [-0.05, 0) is 31.6 Å². The minimum Gasteiger partial charge on any atom is -0.396 e. The zero-order valence-corrected chi connectivity index (χ0v) is 11.0. The van der Waals surface area contributed by atoms with Crippen LogP contribution in [0.25, 0.3) is 0 Å². The first-order valence-electron chi connectivity index (χ1n) is 6.68. The normalized spacial score (nSPS) is 33.9. The summed E-state index contributed by atoms with van der Waals surface area (Å²) in [4.78, 5) is 0. The van der Waals surface area contributed by atoms with Crippen LogP contribution in [0.15, 0.2) is 0 Å². The van der Waals surface area contributed by atoms with Crippen LogP contribution in [0.1, 0.15) is 46.5 Å². The molecule has 0 radical (unpaired) electrons. The van der Waals surface area contributed by atoms with Crippen LogP contribution < -0.4 is 11.1 Å². The number of hydrogen-bond acceptors (Lipinski definition) is 3. The fourth-order valence-corrected chi connectivity index (χ4v) is 3.01. The molecular weight excluding hydrogens is 200 g/mol. The molecule has 1 saturated carbocycles. The average Bonchev–Trinajstić information content (AvgIpc) is 2.71. The highest BCUT2D eigenvalue weighted by Crippen LogP contribution is 2.37. The van der Waals surface area contributed by atoms with Crippen molar-refractivity contribution in [1.82, 2.24) is 5.32 Å². The topological polar surface area (TPSA) is 58.3 Å². The number of rotatable bonds is 6. The van der Waals surface area contributed by atoms with Crippen LogP contribution >= 0.6 is 0 Å². The van der Waals surface area contributed by atoms with Gasteiger partial charge in [0.05, 0.1) is 0 Å². The van der Waals surface area contributed by atoms with E-state index in [-0.39, 0.29) is 12.1 Å². The lowest BCUT2D eigenvalue weighted by Crippen LogP contribution is -2.58. The van der Waals surface area contributed by atoms with Crippen LogP contribution in [0, 0.1) is 11.8 Å². The van der Waals surface area contributed by atoms with Gasteiger partial charge in [-0.3, -0.25) is 0 Å². The molecule has 0 heterocycles. The Morgan fingerprint density at radius 2 is 2.19 bits per heavy atom. The van der Waals surface area contributed by atoms with Gasteiger partial charge in [-0.2, -0.15) is 0 Å². The van der Waals surface area contributed by atoms with E-state index in [1.54, 1.807) is 0 Å². The van der Waals surface area contributed by atoms with E-state index in [1.165, 1.54) is 25.7 Å². The molecule has 0 spiro atoms. The molecule has 1 rings (SSSR count). The van der Waals surface area contributed by atoms with Crippen LogP contribution in [-0.4, -0.2) is 29.8 Å². The third-order valence-corrected chi connectivity index (χ3v) is 4.47. The SMILES string of the molecule is CCC1CCCC1(CN)NC(C)C(C)CO. The largest absolute Gasteiger partial charge is 0.396 e. The van der Waals surface area contributed by atoms with Crippen LogP contribution in [0.2, 0.25) is 0 Å². The van der Waals surface area contributed by atoms with E-state index in [9.17, 15) is 5.11 Å². The molecule has 16 heavy (non-hydrogen) atoms. The van der Waals surface area contributed by atoms with E-state index in [0.717, 1.165) is 0 Å². The Bertz CT molecular complexity index is 210. The summed E-state index contributed by atoms with van der Waals surface area (Å²) >= 11 is 0. The lowest BCUT2D eigenvalue weighted by Gasteiger charge is -2.39. The molecule has 0 aromatic heterocycles. The molecule has 0 bridgehead atoms. The molecule has 1 fully saturated rings. The summed E-state index contributed by atoms with van der Waals surface area (Å²) in [5.41, 5.74) is 6.12. The fourth-order valence-electron chi connectivity index (χ4n) is 3.01. The summed E-state index contributed by atoms with van der Waals surface area (Å²) in [5, 5.41) is 12.9. The second-order valence-corrected chi connectivity index (χ2v) is 5.45. The fraction of sp³-hybridized carbons (Fsp3) is 1.00. The smallest absolute Gasteiger partial charge is 0.0471 e. The van der Waals surface area contributed by atoms with Gasteiger partial charge >= 0.3 is 0 Å². The Morgan fingerprint density at radius 1 is 1.50 bits per heavy atom. The minimum atomic E-state index is 0.123. The predicted octanol–water partition coefficient (Wildman–Crippen LogP) is 1.50. The molecule has 3 heteroatoms. The van der Waals surface area contributed by atoms with Gasteiger partial charge in [0.2, 0.25) is 0 Å². The van der Waals surface area contributed by atoms with Crippen LogP contribution in [0.3, 0.4) is 0 Å². The molecule has 4 atom stereocenters. The molecule has 3 nitrogen and oxygen atoms in total. The Balaban J connectivity index is 2.66. The summed E-state index contributed by atoms with van der Waals surface area (Å²) in [6, 6.07) is 0.334.